The molecule has 1 fully saturated rings. The van der Waals surface area contributed by atoms with Crippen LogP contribution in [0.15, 0.2) is 29.6 Å². The van der Waals surface area contributed by atoms with Crippen molar-refractivity contribution in [2.24, 2.45) is 5.92 Å². The number of hydrogen-bond acceptors (Lipinski definition) is 5. The molecule has 0 radical (unpaired) electrons. The third kappa shape index (κ3) is 5.08. The molecule has 5 nitrogen and oxygen atoms in total. The fourth-order valence-corrected chi connectivity index (χ4v) is 4.20. The Labute approximate surface area is 168 Å². The van der Waals surface area contributed by atoms with Crippen molar-refractivity contribution in [2.75, 3.05) is 0 Å². The smallest absolute Gasteiger partial charge is 0.358 e. The highest BCUT2D eigenvalue weighted by Crippen LogP contribution is 2.27. The summed E-state index contributed by atoms with van der Waals surface area (Å²) in [5, 5.41) is 5.93. The number of ether oxygens (including phenoxy) is 1. The maximum Gasteiger partial charge on any atom is 0.358 e. The minimum Gasteiger partial charge on any atom is -0.448 e. The van der Waals surface area contributed by atoms with Gasteiger partial charge in [0, 0.05) is 22.0 Å². The Bertz CT molecular complexity index is 823. The van der Waals surface area contributed by atoms with Gasteiger partial charge in [0.2, 0.25) is 0 Å². The van der Waals surface area contributed by atoms with Crippen LogP contribution in [0, 0.1) is 5.92 Å². The summed E-state index contributed by atoms with van der Waals surface area (Å²) in [6.07, 6.45) is 3.56. The zero-order valence-electron chi connectivity index (χ0n) is 15.4. The van der Waals surface area contributed by atoms with E-state index in [0.29, 0.717) is 15.9 Å². The third-order valence-electron chi connectivity index (χ3n) is 4.88. The Balaban J connectivity index is 1.59. The van der Waals surface area contributed by atoms with Gasteiger partial charge in [0.15, 0.2) is 11.8 Å². The first-order valence-electron chi connectivity index (χ1n) is 9.17. The van der Waals surface area contributed by atoms with Gasteiger partial charge >= 0.3 is 5.97 Å². The van der Waals surface area contributed by atoms with Crippen LogP contribution < -0.4 is 5.32 Å². The number of thiazole rings is 1. The molecule has 1 N–H and O–H groups in total. The zero-order chi connectivity index (χ0) is 19.4. The van der Waals surface area contributed by atoms with E-state index in [9.17, 15) is 9.59 Å². The normalized spacial score (nSPS) is 20.7. The van der Waals surface area contributed by atoms with Crippen LogP contribution in [0.2, 0.25) is 5.02 Å². The van der Waals surface area contributed by atoms with E-state index in [1.165, 1.54) is 17.8 Å². The molecular weight excluding hydrogens is 384 g/mol. The number of nitrogens with one attached hydrogen (secondary N) is 1. The number of carbonyl (C=O) groups is 2. The number of aromatic nitrogens is 1. The van der Waals surface area contributed by atoms with Gasteiger partial charge in [-0.05, 0) is 37.8 Å². The average molecular weight is 407 g/mol. The van der Waals surface area contributed by atoms with Crippen LogP contribution in [-0.2, 0) is 9.53 Å². The monoisotopic (exact) mass is 406 g/mol. The standard InChI is InChI=1S/C20H23ClN2O3S/c1-12-6-3-4-9-16(12)22-18(24)13(2)26-20(25)17-11-27-19(23-17)14-7-5-8-15(21)10-14/h5,7-8,10-13,16H,3-4,6,9H2,1-2H3,(H,22,24)/t12-,13-,16-/m1/s1. The molecule has 1 aromatic carbocycles. The molecule has 1 saturated carbocycles. The van der Waals surface area contributed by atoms with E-state index < -0.39 is 12.1 Å². The molecule has 3 rings (SSSR count). The molecule has 144 valence electrons. The topological polar surface area (TPSA) is 68.3 Å². The number of benzene rings is 1. The second kappa shape index (κ2) is 8.85. The fraction of sp³-hybridized carbons (Fsp3) is 0.450. The summed E-state index contributed by atoms with van der Waals surface area (Å²) in [4.78, 5) is 29.0. The molecule has 1 amide bonds. The second-order valence-corrected chi connectivity index (χ2v) is 8.27. The van der Waals surface area contributed by atoms with Gasteiger partial charge in [0.25, 0.3) is 5.91 Å². The summed E-state index contributed by atoms with van der Waals surface area (Å²) in [6.45, 7) is 3.73. The summed E-state index contributed by atoms with van der Waals surface area (Å²) < 4.78 is 5.32. The van der Waals surface area contributed by atoms with E-state index in [1.54, 1.807) is 24.4 Å². The number of halogens is 1. The molecule has 0 saturated heterocycles. The Morgan fingerprint density at radius 3 is 2.85 bits per heavy atom. The lowest BCUT2D eigenvalue weighted by Gasteiger charge is -2.30. The summed E-state index contributed by atoms with van der Waals surface area (Å²) in [6, 6.07) is 7.43. The molecule has 2 aromatic rings. The van der Waals surface area contributed by atoms with E-state index in [-0.39, 0.29) is 17.6 Å². The Hall–Kier alpha value is -1.92. The number of hydrogen-bond donors (Lipinski definition) is 1. The summed E-state index contributed by atoms with van der Waals surface area (Å²) in [5.41, 5.74) is 1.03. The van der Waals surface area contributed by atoms with Crippen LogP contribution >= 0.6 is 22.9 Å². The lowest BCUT2D eigenvalue weighted by Crippen LogP contribution is -2.46. The molecule has 0 spiro atoms. The molecule has 3 atom stereocenters. The van der Waals surface area contributed by atoms with Crippen molar-refractivity contribution in [3.05, 3.63) is 40.4 Å². The SMILES string of the molecule is C[C@@H]1CCCC[C@H]1NC(=O)[C@@H](C)OC(=O)c1csc(-c2cccc(Cl)c2)n1. The highest BCUT2D eigenvalue weighted by Gasteiger charge is 2.27. The van der Waals surface area contributed by atoms with Gasteiger partial charge in [0.05, 0.1) is 0 Å². The molecule has 1 heterocycles. The molecule has 0 aliphatic heterocycles. The van der Waals surface area contributed by atoms with Crippen LogP contribution in [0.4, 0.5) is 0 Å². The number of esters is 1. The minimum atomic E-state index is -0.858. The van der Waals surface area contributed by atoms with Crippen molar-refractivity contribution in [3.63, 3.8) is 0 Å². The third-order valence-corrected chi connectivity index (χ3v) is 6.00. The van der Waals surface area contributed by atoms with Gasteiger partial charge in [-0.25, -0.2) is 9.78 Å². The van der Waals surface area contributed by atoms with E-state index in [4.69, 9.17) is 16.3 Å². The van der Waals surface area contributed by atoms with Gasteiger partial charge in [-0.1, -0.05) is 43.5 Å². The highest BCUT2D eigenvalue weighted by molar-refractivity contribution is 7.13. The molecular formula is C20H23ClN2O3S. The average Bonchev–Trinajstić information content (AvgIpc) is 3.14. The van der Waals surface area contributed by atoms with Crippen LogP contribution in [0.3, 0.4) is 0 Å². The van der Waals surface area contributed by atoms with Crippen molar-refractivity contribution in [2.45, 2.75) is 51.7 Å². The van der Waals surface area contributed by atoms with Crippen molar-refractivity contribution in [3.8, 4) is 10.6 Å². The maximum atomic E-state index is 12.4. The maximum absolute atomic E-state index is 12.4. The molecule has 1 aliphatic rings. The number of amides is 1. The van der Waals surface area contributed by atoms with E-state index >= 15 is 0 Å². The Morgan fingerprint density at radius 2 is 2.11 bits per heavy atom. The molecule has 0 bridgehead atoms. The predicted molar refractivity (Wildman–Crippen MR) is 107 cm³/mol. The lowest BCUT2D eigenvalue weighted by molar-refractivity contribution is -0.130. The molecule has 1 aliphatic carbocycles. The molecule has 1 aromatic heterocycles. The first-order chi connectivity index (χ1) is 12.9. The molecule has 27 heavy (non-hydrogen) atoms. The number of nitrogens with zero attached hydrogens (tertiary/aromatic N) is 1. The summed E-state index contributed by atoms with van der Waals surface area (Å²) >= 11 is 7.33. The van der Waals surface area contributed by atoms with E-state index in [1.807, 2.05) is 12.1 Å². The first kappa shape index (κ1) is 19.8. The number of rotatable bonds is 5. The quantitative estimate of drug-likeness (QED) is 0.730. The summed E-state index contributed by atoms with van der Waals surface area (Å²) in [5.74, 6) is -0.407. The first-order valence-corrected chi connectivity index (χ1v) is 10.4. The minimum absolute atomic E-state index is 0.154. The molecule has 0 unspecified atom stereocenters. The second-order valence-electron chi connectivity index (χ2n) is 6.97. The van der Waals surface area contributed by atoms with E-state index in [0.717, 1.165) is 24.8 Å². The van der Waals surface area contributed by atoms with Crippen LogP contribution in [-0.4, -0.2) is 29.0 Å². The van der Waals surface area contributed by atoms with Crippen LogP contribution in [0.1, 0.15) is 50.0 Å². The highest BCUT2D eigenvalue weighted by atomic mass is 35.5. The van der Waals surface area contributed by atoms with Crippen LogP contribution in [0.5, 0.6) is 0 Å². The van der Waals surface area contributed by atoms with Crippen LogP contribution in [0.25, 0.3) is 10.6 Å². The largest absolute Gasteiger partial charge is 0.448 e. The zero-order valence-corrected chi connectivity index (χ0v) is 17.0. The van der Waals surface area contributed by atoms with Crippen molar-refractivity contribution < 1.29 is 14.3 Å². The van der Waals surface area contributed by atoms with E-state index in [2.05, 4.69) is 17.2 Å². The van der Waals surface area contributed by atoms with Crippen molar-refractivity contribution in [1.82, 2.24) is 10.3 Å². The fourth-order valence-electron chi connectivity index (χ4n) is 3.23. The van der Waals surface area contributed by atoms with Gasteiger partial charge in [-0.15, -0.1) is 11.3 Å². The van der Waals surface area contributed by atoms with Gasteiger partial charge < -0.3 is 10.1 Å². The Morgan fingerprint density at radius 1 is 1.33 bits per heavy atom. The number of carbonyl (C=O) groups excluding carboxylic acids is 2. The lowest BCUT2D eigenvalue weighted by atomic mass is 9.86. The van der Waals surface area contributed by atoms with Gasteiger partial charge in [-0.2, -0.15) is 0 Å². The van der Waals surface area contributed by atoms with Gasteiger partial charge in [-0.3, -0.25) is 4.79 Å². The predicted octanol–water partition coefficient (Wildman–Crippen LogP) is 4.70. The Kier molecular flexibility index (Phi) is 6.50. The molecule has 7 heteroatoms. The summed E-state index contributed by atoms with van der Waals surface area (Å²) in [7, 11) is 0. The van der Waals surface area contributed by atoms with Crippen molar-refractivity contribution in [1.29, 1.82) is 0 Å². The van der Waals surface area contributed by atoms with Gasteiger partial charge in [0.1, 0.15) is 5.01 Å². The van der Waals surface area contributed by atoms with Crippen molar-refractivity contribution >= 4 is 34.8 Å².